The first-order valence-electron chi connectivity index (χ1n) is 9.19. The van der Waals surface area contributed by atoms with Gasteiger partial charge in [0.05, 0.1) is 5.69 Å². The van der Waals surface area contributed by atoms with Gasteiger partial charge in [0.25, 0.3) is 0 Å². The number of aryl methyl sites for hydroxylation is 2. The number of carbonyl (C=O) groups is 1. The van der Waals surface area contributed by atoms with Gasteiger partial charge in [0.15, 0.2) is 0 Å². The smallest absolute Gasteiger partial charge is 0.321 e. The van der Waals surface area contributed by atoms with Crippen LogP contribution in [-0.4, -0.2) is 29.0 Å². The van der Waals surface area contributed by atoms with Crippen LogP contribution >= 0.6 is 0 Å². The molecule has 1 N–H and O–H groups in total. The minimum absolute atomic E-state index is 0.0123. The quantitative estimate of drug-likeness (QED) is 0.869. The molecule has 1 aromatic heterocycles. The summed E-state index contributed by atoms with van der Waals surface area (Å²) in [6.45, 7) is 5.70. The van der Waals surface area contributed by atoms with Crippen molar-refractivity contribution < 1.29 is 9.21 Å². The zero-order valence-corrected chi connectivity index (χ0v) is 14.9. The number of hydrogen-bond donors (Lipinski definition) is 1. The Morgan fingerprint density at radius 1 is 1.20 bits per heavy atom. The molecule has 1 aliphatic carbocycles. The van der Waals surface area contributed by atoms with E-state index in [4.69, 9.17) is 4.42 Å². The number of anilines is 1. The van der Waals surface area contributed by atoms with Crippen LogP contribution in [0, 0.1) is 25.7 Å². The van der Waals surface area contributed by atoms with E-state index in [1.54, 1.807) is 6.26 Å². The van der Waals surface area contributed by atoms with Crippen molar-refractivity contribution in [1.82, 2.24) is 9.88 Å². The molecule has 2 amide bonds. The van der Waals surface area contributed by atoms with E-state index in [1.165, 1.54) is 25.7 Å². The van der Waals surface area contributed by atoms with Crippen LogP contribution in [0.4, 0.5) is 10.5 Å². The second-order valence-corrected chi connectivity index (χ2v) is 7.46. The third-order valence-electron chi connectivity index (χ3n) is 5.61. The van der Waals surface area contributed by atoms with Crippen LogP contribution in [-0.2, 0) is 0 Å². The molecule has 2 fully saturated rings. The summed E-state index contributed by atoms with van der Waals surface area (Å²) in [6, 6.07) is 5.93. The first-order chi connectivity index (χ1) is 12.1. The van der Waals surface area contributed by atoms with E-state index in [9.17, 15) is 4.79 Å². The molecule has 2 aromatic rings. The van der Waals surface area contributed by atoms with Crippen LogP contribution in [0.2, 0.25) is 0 Å². The maximum atomic E-state index is 12.7. The Hall–Kier alpha value is -2.30. The molecule has 1 aliphatic heterocycles. The molecule has 5 nitrogen and oxygen atoms in total. The van der Waals surface area contributed by atoms with Gasteiger partial charge in [0, 0.05) is 24.3 Å². The maximum absolute atomic E-state index is 12.7. The number of hydrogen-bond acceptors (Lipinski definition) is 3. The number of amides is 2. The van der Waals surface area contributed by atoms with Gasteiger partial charge >= 0.3 is 6.03 Å². The van der Waals surface area contributed by atoms with Crippen molar-refractivity contribution in [2.45, 2.75) is 39.5 Å². The predicted molar refractivity (Wildman–Crippen MR) is 97.5 cm³/mol. The zero-order valence-electron chi connectivity index (χ0n) is 14.9. The molecule has 2 aliphatic rings. The lowest BCUT2D eigenvalue weighted by molar-refractivity contribution is 0.220. The number of fused-ring (bicyclic) bond motifs is 1. The number of rotatable bonds is 2. The fourth-order valence-corrected chi connectivity index (χ4v) is 4.14. The van der Waals surface area contributed by atoms with Crippen molar-refractivity contribution in [3.05, 3.63) is 35.7 Å². The van der Waals surface area contributed by atoms with Crippen molar-refractivity contribution in [3.8, 4) is 11.5 Å². The van der Waals surface area contributed by atoms with Crippen LogP contribution in [0.25, 0.3) is 11.5 Å². The molecule has 5 heteroatoms. The lowest BCUT2D eigenvalue weighted by Gasteiger charge is -2.22. The molecule has 25 heavy (non-hydrogen) atoms. The fraction of sp³-hybridized carbons (Fsp3) is 0.500. The molecule has 0 bridgehead atoms. The van der Waals surface area contributed by atoms with Crippen molar-refractivity contribution >= 4 is 11.7 Å². The Morgan fingerprint density at radius 3 is 2.56 bits per heavy atom. The minimum atomic E-state index is 0.0123. The Balaban J connectivity index is 1.49. The van der Waals surface area contributed by atoms with Gasteiger partial charge in [-0.3, -0.25) is 0 Å². The zero-order chi connectivity index (χ0) is 17.4. The van der Waals surface area contributed by atoms with Crippen molar-refractivity contribution in [1.29, 1.82) is 0 Å². The second-order valence-electron chi connectivity index (χ2n) is 7.46. The van der Waals surface area contributed by atoms with E-state index in [0.717, 1.165) is 35.6 Å². The van der Waals surface area contributed by atoms with Crippen LogP contribution in [0.1, 0.15) is 36.9 Å². The summed E-state index contributed by atoms with van der Waals surface area (Å²) in [5, 5.41) is 3.10. The molecule has 0 unspecified atom stereocenters. The Morgan fingerprint density at radius 2 is 1.92 bits per heavy atom. The number of nitrogens with one attached hydrogen (secondary N) is 1. The van der Waals surface area contributed by atoms with Crippen molar-refractivity contribution in [2.24, 2.45) is 11.8 Å². The van der Waals surface area contributed by atoms with Gasteiger partial charge < -0.3 is 14.6 Å². The van der Waals surface area contributed by atoms with Gasteiger partial charge in [0.1, 0.15) is 6.26 Å². The highest BCUT2D eigenvalue weighted by molar-refractivity contribution is 5.91. The van der Waals surface area contributed by atoms with Crippen LogP contribution in [0.5, 0.6) is 0 Å². The van der Waals surface area contributed by atoms with Gasteiger partial charge in [-0.05, 0) is 56.2 Å². The van der Waals surface area contributed by atoms with E-state index in [1.807, 2.05) is 36.9 Å². The molecule has 2 atom stereocenters. The summed E-state index contributed by atoms with van der Waals surface area (Å²) in [4.78, 5) is 19.1. The van der Waals surface area contributed by atoms with E-state index in [2.05, 4.69) is 10.3 Å². The van der Waals surface area contributed by atoms with Crippen molar-refractivity contribution in [2.75, 3.05) is 18.4 Å². The molecular formula is C20H25N3O2. The van der Waals surface area contributed by atoms with Gasteiger partial charge in [-0.25, -0.2) is 9.78 Å². The number of aromatic nitrogens is 1. The molecule has 132 valence electrons. The van der Waals surface area contributed by atoms with Gasteiger partial charge in [0.2, 0.25) is 5.89 Å². The lowest BCUT2D eigenvalue weighted by atomic mass is 9.82. The number of likely N-dealkylation sites (tertiary alicyclic amines) is 1. The number of urea groups is 1. The number of nitrogens with zero attached hydrogens (tertiary/aromatic N) is 2. The third-order valence-corrected chi connectivity index (χ3v) is 5.61. The highest BCUT2D eigenvalue weighted by atomic mass is 16.3. The summed E-state index contributed by atoms with van der Waals surface area (Å²) in [5.41, 5.74) is 3.59. The average Bonchev–Trinajstić information content (AvgIpc) is 3.23. The SMILES string of the molecule is Cc1coc(-c2ccc(C)c(NC(=O)N3C[C@H]4CCCC[C@@H]4C3)c2)n1. The summed E-state index contributed by atoms with van der Waals surface area (Å²) in [5.74, 6) is 1.98. The second kappa shape index (κ2) is 6.54. The normalized spacial score (nSPS) is 22.7. The largest absolute Gasteiger partial charge is 0.444 e. The van der Waals surface area contributed by atoms with Crippen molar-refractivity contribution in [3.63, 3.8) is 0 Å². The van der Waals surface area contributed by atoms with Crippen LogP contribution in [0.3, 0.4) is 0 Å². The third kappa shape index (κ3) is 3.28. The van der Waals surface area contributed by atoms with E-state index in [-0.39, 0.29) is 6.03 Å². The molecule has 2 heterocycles. The highest BCUT2D eigenvalue weighted by Gasteiger charge is 2.36. The average molecular weight is 339 g/mol. The summed E-state index contributed by atoms with van der Waals surface area (Å²) < 4.78 is 5.48. The first kappa shape index (κ1) is 16.2. The monoisotopic (exact) mass is 339 g/mol. The molecular weight excluding hydrogens is 314 g/mol. The summed E-state index contributed by atoms with van der Waals surface area (Å²) in [7, 11) is 0. The fourth-order valence-electron chi connectivity index (χ4n) is 4.14. The van der Waals surface area contributed by atoms with E-state index in [0.29, 0.717) is 17.7 Å². The Labute approximate surface area is 148 Å². The molecule has 1 saturated heterocycles. The Kier molecular flexibility index (Phi) is 4.24. The standard InChI is InChI=1S/C20H25N3O2/c1-13-7-8-15(19-21-14(2)12-25-19)9-18(13)22-20(24)23-10-16-5-3-4-6-17(16)11-23/h7-9,12,16-17H,3-6,10-11H2,1-2H3,(H,22,24)/t16-,17-/m1/s1. The number of carbonyl (C=O) groups excluding carboxylic acids is 1. The summed E-state index contributed by atoms with van der Waals surface area (Å²) in [6.07, 6.45) is 6.80. The molecule has 4 rings (SSSR count). The molecule has 0 spiro atoms. The number of benzene rings is 1. The lowest BCUT2D eigenvalue weighted by Crippen LogP contribution is -2.33. The van der Waals surface area contributed by atoms with Crippen LogP contribution in [0.15, 0.2) is 28.9 Å². The van der Waals surface area contributed by atoms with E-state index >= 15 is 0 Å². The maximum Gasteiger partial charge on any atom is 0.321 e. The van der Waals surface area contributed by atoms with E-state index < -0.39 is 0 Å². The number of oxazole rings is 1. The topological polar surface area (TPSA) is 58.4 Å². The van der Waals surface area contributed by atoms with Gasteiger partial charge in [-0.1, -0.05) is 18.9 Å². The minimum Gasteiger partial charge on any atom is -0.444 e. The highest BCUT2D eigenvalue weighted by Crippen LogP contribution is 2.36. The van der Waals surface area contributed by atoms with Gasteiger partial charge in [-0.15, -0.1) is 0 Å². The molecule has 1 aromatic carbocycles. The van der Waals surface area contributed by atoms with Gasteiger partial charge in [-0.2, -0.15) is 0 Å². The molecule has 0 radical (unpaired) electrons. The predicted octanol–water partition coefficient (Wildman–Crippen LogP) is 4.61. The first-order valence-corrected chi connectivity index (χ1v) is 9.19. The molecule has 1 saturated carbocycles. The van der Waals surface area contributed by atoms with Crippen LogP contribution < -0.4 is 5.32 Å². The summed E-state index contributed by atoms with van der Waals surface area (Å²) >= 11 is 0. The Bertz CT molecular complexity index is 769.